The molecule has 1 aliphatic rings. The van der Waals surface area contributed by atoms with Crippen molar-refractivity contribution >= 4 is 28.5 Å². The minimum Gasteiger partial charge on any atom is -0.506 e. The van der Waals surface area contributed by atoms with E-state index in [-0.39, 0.29) is 11.3 Å². The molecule has 2 N–H and O–H groups in total. The Morgan fingerprint density at radius 3 is 2.56 bits per heavy atom. The highest BCUT2D eigenvalue weighted by Crippen LogP contribution is 2.31. The quantitative estimate of drug-likeness (QED) is 0.497. The van der Waals surface area contributed by atoms with E-state index < -0.39 is 17.4 Å². The highest BCUT2D eigenvalue weighted by atomic mass is 16.5. The summed E-state index contributed by atoms with van der Waals surface area (Å²) in [4.78, 5) is 40.5. The number of benzene rings is 2. The Labute approximate surface area is 197 Å². The van der Waals surface area contributed by atoms with Gasteiger partial charge in [-0.2, -0.15) is 0 Å². The molecule has 0 saturated carbocycles. The van der Waals surface area contributed by atoms with Crippen LogP contribution < -0.4 is 10.9 Å². The van der Waals surface area contributed by atoms with E-state index in [0.717, 1.165) is 31.5 Å². The van der Waals surface area contributed by atoms with Crippen LogP contribution in [0.25, 0.3) is 10.9 Å². The average molecular weight is 464 g/mol. The number of likely N-dealkylation sites (N-methyl/N-ethyl adjacent to an activating group) is 1. The maximum absolute atomic E-state index is 13.1. The number of para-hydroxylation sites is 1. The Morgan fingerprint density at radius 2 is 1.85 bits per heavy atom. The third-order valence-corrected chi connectivity index (χ3v) is 6.31. The lowest BCUT2D eigenvalue weighted by molar-refractivity contribution is 0.0466. The maximum Gasteiger partial charge on any atom is 0.338 e. The first-order chi connectivity index (χ1) is 16.4. The third-order valence-electron chi connectivity index (χ3n) is 6.31. The molecule has 0 aliphatic carbocycles. The first-order valence-corrected chi connectivity index (χ1v) is 11.6. The molecule has 178 valence electrons. The number of hydrogen-bond donors (Lipinski definition) is 2. The number of ether oxygens (including phenoxy) is 1. The van der Waals surface area contributed by atoms with Crippen LogP contribution in [0.2, 0.25) is 0 Å². The number of aryl methyl sites for hydroxylation is 2. The van der Waals surface area contributed by atoms with E-state index in [9.17, 15) is 19.5 Å². The summed E-state index contributed by atoms with van der Waals surface area (Å²) in [6, 6.07) is 11.7. The minimum atomic E-state index is -0.696. The predicted molar refractivity (Wildman–Crippen MR) is 131 cm³/mol. The number of pyridine rings is 1. The Balaban J connectivity index is 1.50. The average Bonchev–Trinajstić information content (AvgIpc) is 2.85. The molecule has 2 aromatic carbocycles. The Morgan fingerprint density at radius 1 is 1.12 bits per heavy atom. The van der Waals surface area contributed by atoms with Crippen LogP contribution in [0.1, 0.15) is 46.5 Å². The molecule has 0 saturated heterocycles. The maximum atomic E-state index is 13.1. The Bertz CT molecular complexity index is 1280. The summed E-state index contributed by atoms with van der Waals surface area (Å²) in [5.74, 6) is -1.45. The normalized spacial score (nSPS) is 12.7. The van der Waals surface area contributed by atoms with E-state index in [1.807, 2.05) is 12.1 Å². The fraction of sp³-hybridized carbons (Fsp3) is 0.346. The third kappa shape index (κ3) is 4.54. The van der Waals surface area contributed by atoms with Crippen LogP contribution in [-0.2, 0) is 17.7 Å². The van der Waals surface area contributed by atoms with Gasteiger partial charge < -0.3 is 24.6 Å². The molecule has 0 bridgehead atoms. The largest absolute Gasteiger partial charge is 0.506 e. The van der Waals surface area contributed by atoms with Crippen LogP contribution >= 0.6 is 0 Å². The fourth-order valence-corrected chi connectivity index (χ4v) is 4.39. The summed E-state index contributed by atoms with van der Waals surface area (Å²) >= 11 is 0. The van der Waals surface area contributed by atoms with Crippen LogP contribution in [0.5, 0.6) is 5.75 Å². The smallest absolute Gasteiger partial charge is 0.338 e. The number of carbonyl (C=O) groups is 2. The second-order valence-corrected chi connectivity index (χ2v) is 8.29. The minimum absolute atomic E-state index is 0.286. The molecule has 0 unspecified atom stereocenters. The van der Waals surface area contributed by atoms with Crippen molar-refractivity contribution < 1.29 is 19.4 Å². The van der Waals surface area contributed by atoms with Crippen molar-refractivity contribution in [1.29, 1.82) is 0 Å². The van der Waals surface area contributed by atoms with Crippen LogP contribution in [0, 0.1) is 0 Å². The van der Waals surface area contributed by atoms with Crippen molar-refractivity contribution in [2.75, 3.05) is 31.6 Å². The molecular weight excluding hydrogens is 434 g/mol. The highest BCUT2D eigenvalue weighted by molar-refractivity contribution is 6.09. The van der Waals surface area contributed by atoms with Crippen molar-refractivity contribution in [3.63, 3.8) is 0 Å². The zero-order valence-corrected chi connectivity index (χ0v) is 19.5. The van der Waals surface area contributed by atoms with Gasteiger partial charge in [-0.05, 0) is 61.8 Å². The molecule has 0 fully saturated rings. The number of hydrogen-bond acceptors (Lipinski definition) is 6. The summed E-state index contributed by atoms with van der Waals surface area (Å²) < 4.78 is 6.89. The molecule has 0 spiro atoms. The van der Waals surface area contributed by atoms with Gasteiger partial charge in [0.1, 0.15) is 17.9 Å². The van der Waals surface area contributed by atoms with Gasteiger partial charge in [0.15, 0.2) is 0 Å². The van der Waals surface area contributed by atoms with E-state index in [0.29, 0.717) is 41.9 Å². The monoisotopic (exact) mass is 463 g/mol. The first-order valence-electron chi connectivity index (χ1n) is 11.6. The molecule has 3 aromatic rings. The van der Waals surface area contributed by atoms with Crippen LogP contribution in [0.3, 0.4) is 0 Å². The van der Waals surface area contributed by atoms with Gasteiger partial charge in [0.05, 0.1) is 11.1 Å². The highest BCUT2D eigenvalue weighted by Gasteiger charge is 2.25. The number of aromatic nitrogens is 1. The van der Waals surface area contributed by atoms with Crippen molar-refractivity contribution in [1.82, 2.24) is 9.47 Å². The summed E-state index contributed by atoms with van der Waals surface area (Å²) in [5.41, 5.74) is 1.65. The molecular formula is C26H29N3O5. The molecule has 1 amide bonds. The van der Waals surface area contributed by atoms with Gasteiger partial charge in [0.2, 0.25) is 0 Å². The molecule has 4 rings (SSSR count). The molecule has 1 aliphatic heterocycles. The SMILES string of the molecule is CCN(CC)CCOC(=O)c1ccc(NC(=O)c2c(O)c3cccc4c3n(c2=O)CCC4)cc1. The van der Waals surface area contributed by atoms with E-state index in [1.54, 1.807) is 34.9 Å². The number of carbonyl (C=O) groups excluding carboxylic acids is 2. The van der Waals surface area contributed by atoms with E-state index in [4.69, 9.17) is 4.74 Å². The first kappa shape index (κ1) is 23.5. The number of anilines is 1. The number of aromatic hydroxyl groups is 1. The lowest BCUT2D eigenvalue weighted by atomic mass is 9.99. The van der Waals surface area contributed by atoms with E-state index in [1.165, 1.54) is 0 Å². The van der Waals surface area contributed by atoms with Gasteiger partial charge >= 0.3 is 5.97 Å². The summed E-state index contributed by atoms with van der Waals surface area (Å²) in [6.07, 6.45) is 1.62. The molecule has 8 heteroatoms. The summed E-state index contributed by atoms with van der Waals surface area (Å²) in [7, 11) is 0. The summed E-state index contributed by atoms with van der Waals surface area (Å²) in [6.45, 7) is 7.35. The second kappa shape index (κ2) is 10.1. The van der Waals surface area contributed by atoms with Crippen molar-refractivity contribution in [3.05, 3.63) is 69.5 Å². The second-order valence-electron chi connectivity index (χ2n) is 8.29. The van der Waals surface area contributed by atoms with Crippen LogP contribution in [-0.4, -0.2) is 52.7 Å². The number of esters is 1. The van der Waals surface area contributed by atoms with E-state index >= 15 is 0 Å². The lowest BCUT2D eigenvalue weighted by Gasteiger charge is -2.21. The Kier molecular flexibility index (Phi) is 6.98. The van der Waals surface area contributed by atoms with Gasteiger partial charge in [-0.3, -0.25) is 9.59 Å². The molecule has 34 heavy (non-hydrogen) atoms. The molecule has 0 radical (unpaired) electrons. The molecule has 8 nitrogen and oxygen atoms in total. The van der Waals surface area contributed by atoms with Gasteiger partial charge in [0, 0.05) is 24.2 Å². The van der Waals surface area contributed by atoms with Gasteiger partial charge in [0.25, 0.3) is 11.5 Å². The summed E-state index contributed by atoms with van der Waals surface area (Å²) in [5, 5.41) is 13.9. The Hall–Kier alpha value is -3.65. The number of nitrogens with zero attached hydrogens (tertiary/aromatic N) is 2. The fourth-order valence-electron chi connectivity index (χ4n) is 4.39. The van der Waals surface area contributed by atoms with E-state index in [2.05, 4.69) is 24.1 Å². The molecule has 2 heterocycles. The van der Waals surface area contributed by atoms with Crippen LogP contribution in [0.4, 0.5) is 5.69 Å². The molecule has 0 atom stereocenters. The van der Waals surface area contributed by atoms with Crippen molar-refractivity contribution in [2.24, 2.45) is 0 Å². The number of rotatable bonds is 8. The number of amides is 1. The van der Waals surface area contributed by atoms with Gasteiger partial charge in [-0.25, -0.2) is 4.79 Å². The number of nitrogens with one attached hydrogen (secondary N) is 1. The zero-order chi connectivity index (χ0) is 24.2. The van der Waals surface area contributed by atoms with Crippen molar-refractivity contribution in [2.45, 2.75) is 33.2 Å². The topological polar surface area (TPSA) is 101 Å². The lowest BCUT2D eigenvalue weighted by Crippen LogP contribution is -2.31. The van der Waals surface area contributed by atoms with Crippen molar-refractivity contribution in [3.8, 4) is 5.75 Å². The van der Waals surface area contributed by atoms with Gasteiger partial charge in [-0.15, -0.1) is 0 Å². The standard InChI is InChI=1S/C26H29N3O5/c1-3-28(4-2)15-16-34-26(33)18-10-12-19(13-11-18)27-24(31)21-23(30)20-9-5-7-17-8-6-14-29(22(17)20)25(21)32/h5,7,9-13,30H,3-4,6,8,14-16H2,1-2H3,(H,27,31). The molecule has 1 aromatic heterocycles. The zero-order valence-electron chi connectivity index (χ0n) is 19.5. The predicted octanol–water partition coefficient (Wildman–Crippen LogP) is 3.40. The van der Waals surface area contributed by atoms with Gasteiger partial charge in [-0.1, -0.05) is 26.0 Å². The van der Waals surface area contributed by atoms with Crippen LogP contribution in [0.15, 0.2) is 47.3 Å².